The average Bonchev–Trinajstić information content (AvgIpc) is 2.39. The molecule has 0 radical (unpaired) electrons. The van der Waals surface area contributed by atoms with E-state index in [0.717, 1.165) is 0 Å². The minimum atomic E-state index is -4.87. The van der Waals surface area contributed by atoms with Crippen molar-refractivity contribution in [1.82, 2.24) is 4.57 Å². The summed E-state index contributed by atoms with van der Waals surface area (Å²) in [6.45, 7) is 0. The Bertz CT molecular complexity index is 833. The second kappa shape index (κ2) is 6.16. The molecule has 2 rings (SSSR count). The molecular formula is C13H4Cl3F6NO. The molecule has 0 spiro atoms. The fraction of sp³-hybridized carbons (Fsp3) is 0.154. The number of rotatable bonds is 1. The van der Waals surface area contributed by atoms with Crippen molar-refractivity contribution < 1.29 is 26.3 Å². The zero-order valence-electron chi connectivity index (χ0n) is 11.1. The maximum Gasteiger partial charge on any atom is 0.418 e. The van der Waals surface area contributed by atoms with Gasteiger partial charge < -0.3 is 0 Å². The van der Waals surface area contributed by atoms with Crippen LogP contribution in [0.4, 0.5) is 26.3 Å². The van der Waals surface area contributed by atoms with Crippen LogP contribution in [-0.4, -0.2) is 4.57 Å². The van der Waals surface area contributed by atoms with E-state index in [0.29, 0.717) is 22.9 Å². The number of hydrogen-bond donors (Lipinski definition) is 0. The van der Waals surface area contributed by atoms with E-state index < -0.39 is 49.8 Å². The van der Waals surface area contributed by atoms with Crippen molar-refractivity contribution >= 4 is 34.8 Å². The zero-order valence-corrected chi connectivity index (χ0v) is 13.3. The maximum atomic E-state index is 12.7. The molecule has 24 heavy (non-hydrogen) atoms. The van der Waals surface area contributed by atoms with Crippen LogP contribution in [-0.2, 0) is 12.4 Å². The lowest BCUT2D eigenvalue weighted by Gasteiger charge is -2.15. The highest BCUT2D eigenvalue weighted by Crippen LogP contribution is 2.38. The van der Waals surface area contributed by atoms with Crippen LogP contribution in [0.15, 0.2) is 29.2 Å². The summed E-state index contributed by atoms with van der Waals surface area (Å²) >= 11 is 16.9. The summed E-state index contributed by atoms with van der Waals surface area (Å²) in [6.07, 6.45) is -9.02. The number of benzene rings is 1. The van der Waals surface area contributed by atoms with Crippen LogP contribution in [0.2, 0.25) is 15.1 Å². The molecule has 0 bridgehead atoms. The van der Waals surface area contributed by atoms with E-state index >= 15 is 0 Å². The van der Waals surface area contributed by atoms with Crippen LogP contribution in [0.1, 0.15) is 11.1 Å². The summed E-state index contributed by atoms with van der Waals surface area (Å²) in [7, 11) is 0. The Morgan fingerprint density at radius 3 is 1.71 bits per heavy atom. The van der Waals surface area contributed by atoms with Gasteiger partial charge in [0.1, 0.15) is 0 Å². The Morgan fingerprint density at radius 2 is 1.29 bits per heavy atom. The van der Waals surface area contributed by atoms with Crippen molar-refractivity contribution in [3.63, 3.8) is 0 Å². The van der Waals surface area contributed by atoms with Crippen LogP contribution in [0.3, 0.4) is 0 Å². The van der Waals surface area contributed by atoms with Crippen LogP contribution in [0.25, 0.3) is 5.69 Å². The molecule has 130 valence electrons. The van der Waals surface area contributed by atoms with E-state index in [4.69, 9.17) is 34.8 Å². The summed E-state index contributed by atoms with van der Waals surface area (Å²) in [5, 5.41) is -1.99. The Balaban J connectivity index is 2.70. The van der Waals surface area contributed by atoms with E-state index in [1.807, 2.05) is 0 Å². The third-order valence-electron chi connectivity index (χ3n) is 2.90. The minimum Gasteiger partial charge on any atom is -0.280 e. The fourth-order valence-electron chi connectivity index (χ4n) is 1.86. The molecule has 0 aliphatic rings. The largest absolute Gasteiger partial charge is 0.418 e. The first-order valence-electron chi connectivity index (χ1n) is 5.88. The van der Waals surface area contributed by atoms with Gasteiger partial charge in [-0.25, -0.2) is 0 Å². The van der Waals surface area contributed by atoms with E-state index in [1.165, 1.54) is 0 Å². The second-order valence-electron chi connectivity index (χ2n) is 4.53. The number of pyridine rings is 1. The second-order valence-corrected chi connectivity index (χ2v) is 5.75. The van der Waals surface area contributed by atoms with Crippen molar-refractivity contribution in [1.29, 1.82) is 0 Å². The molecule has 0 fully saturated rings. The molecule has 0 amide bonds. The smallest absolute Gasteiger partial charge is 0.280 e. The van der Waals surface area contributed by atoms with Crippen LogP contribution < -0.4 is 5.56 Å². The van der Waals surface area contributed by atoms with Gasteiger partial charge in [0.2, 0.25) is 0 Å². The topological polar surface area (TPSA) is 22.0 Å². The quantitative estimate of drug-likeness (QED) is 0.542. The highest BCUT2D eigenvalue weighted by molar-refractivity contribution is 6.38. The molecule has 1 aromatic carbocycles. The summed E-state index contributed by atoms with van der Waals surface area (Å²) in [6, 6.07) is 1.20. The molecular weight excluding hydrogens is 406 g/mol. The summed E-state index contributed by atoms with van der Waals surface area (Å²) in [4.78, 5) is 11.9. The number of halogens is 9. The summed E-state index contributed by atoms with van der Waals surface area (Å²) in [5.41, 5.74) is -4.18. The Labute approximate surface area is 145 Å². The van der Waals surface area contributed by atoms with Crippen LogP contribution in [0.5, 0.6) is 0 Å². The molecule has 0 saturated carbocycles. The number of alkyl halides is 6. The molecule has 0 saturated heterocycles. The van der Waals surface area contributed by atoms with Crippen molar-refractivity contribution in [2.45, 2.75) is 12.4 Å². The minimum absolute atomic E-state index is 0.201. The summed E-state index contributed by atoms with van der Waals surface area (Å²) < 4.78 is 76.7. The van der Waals surface area contributed by atoms with Gasteiger partial charge in [-0.1, -0.05) is 34.8 Å². The standard InChI is InChI=1S/C13H4Cl3F6NO/c14-7-1-5(12(17,18)19)2-8(15)11(7)23-4-9(16)6(3-10(23)24)13(20,21)22/h1-4H. The first-order valence-corrected chi connectivity index (χ1v) is 7.01. The zero-order chi connectivity index (χ0) is 18.4. The first kappa shape index (κ1) is 19.0. The first-order chi connectivity index (χ1) is 10.8. The lowest BCUT2D eigenvalue weighted by molar-refractivity contribution is -0.138. The molecule has 1 heterocycles. The SMILES string of the molecule is O=c1cc(C(F)(F)F)c(Cl)cn1-c1c(Cl)cc(C(F)(F)F)cc1Cl. The number of aromatic nitrogens is 1. The van der Waals surface area contributed by atoms with E-state index in [1.54, 1.807) is 0 Å². The summed E-state index contributed by atoms with van der Waals surface area (Å²) in [5.74, 6) is 0. The molecule has 0 aliphatic carbocycles. The maximum absolute atomic E-state index is 12.7. The predicted octanol–water partition coefficient (Wildman–Crippen LogP) is 5.84. The van der Waals surface area contributed by atoms with E-state index in [2.05, 4.69) is 0 Å². The number of nitrogens with zero attached hydrogens (tertiary/aromatic N) is 1. The average molecular weight is 411 g/mol. The monoisotopic (exact) mass is 409 g/mol. The Hall–Kier alpha value is -1.38. The van der Waals surface area contributed by atoms with Gasteiger partial charge in [-0.2, -0.15) is 26.3 Å². The molecule has 0 atom stereocenters. The molecule has 2 nitrogen and oxygen atoms in total. The van der Waals surface area contributed by atoms with Crippen molar-refractivity contribution in [2.24, 2.45) is 0 Å². The van der Waals surface area contributed by atoms with Gasteiger partial charge in [0.05, 0.1) is 31.9 Å². The van der Waals surface area contributed by atoms with Gasteiger partial charge in [-0.05, 0) is 12.1 Å². The molecule has 0 aliphatic heterocycles. The van der Waals surface area contributed by atoms with Gasteiger partial charge in [-0.15, -0.1) is 0 Å². The van der Waals surface area contributed by atoms with Crippen LogP contribution >= 0.6 is 34.8 Å². The third-order valence-corrected chi connectivity index (χ3v) is 3.77. The Morgan fingerprint density at radius 1 is 0.792 bits per heavy atom. The molecule has 11 heteroatoms. The molecule has 0 N–H and O–H groups in total. The predicted molar refractivity (Wildman–Crippen MR) is 77.1 cm³/mol. The highest BCUT2D eigenvalue weighted by Gasteiger charge is 2.35. The van der Waals surface area contributed by atoms with Crippen molar-refractivity contribution in [3.8, 4) is 5.69 Å². The number of hydrogen-bond acceptors (Lipinski definition) is 1. The van der Waals surface area contributed by atoms with Gasteiger partial charge in [0, 0.05) is 12.3 Å². The van der Waals surface area contributed by atoms with E-state index in [9.17, 15) is 31.1 Å². The highest BCUT2D eigenvalue weighted by atomic mass is 35.5. The molecule has 0 unspecified atom stereocenters. The van der Waals surface area contributed by atoms with E-state index in [-0.39, 0.29) is 6.07 Å². The Kier molecular flexibility index (Phi) is 4.87. The third kappa shape index (κ3) is 3.65. The molecule has 1 aromatic heterocycles. The molecule has 2 aromatic rings. The van der Waals surface area contributed by atoms with Crippen LogP contribution in [0, 0.1) is 0 Å². The van der Waals surface area contributed by atoms with Gasteiger partial charge in [0.15, 0.2) is 0 Å². The van der Waals surface area contributed by atoms with Crippen molar-refractivity contribution in [3.05, 3.63) is 60.9 Å². The lowest BCUT2D eigenvalue weighted by atomic mass is 10.2. The lowest BCUT2D eigenvalue weighted by Crippen LogP contribution is -2.21. The fourth-order valence-corrected chi connectivity index (χ4v) is 2.79. The van der Waals surface area contributed by atoms with Gasteiger partial charge in [-0.3, -0.25) is 9.36 Å². The normalized spacial score (nSPS) is 12.5. The van der Waals surface area contributed by atoms with Gasteiger partial charge >= 0.3 is 12.4 Å². The van der Waals surface area contributed by atoms with Gasteiger partial charge in [0.25, 0.3) is 5.56 Å². The van der Waals surface area contributed by atoms with Crippen molar-refractivity contribution in [2.75, 3.05) is 0 Å².